The number of methoxy groups -OCH3 is 1. The normalized spacial score (nSPS) is 11.4. The van der Waals surface area contributed by atoms with Crippen LogP contribution in [0.15, 0.2) is 113 Å². The van der Waals surface area contributed by atoms with E-state index in [1.54, 1.807) is 73.7 Å². The average molecular weight is 591 g/mol. The second-order valence-electron chi connectivity index (χ2n) is 8.78. The van der Waals surface area contributed by atoms with Crippen molar-refractivity contribution in [2.24, 2.45) is 5.10 Å². The number of nitrogens with one attached hydrogen (secondary N) is 2. The van der Waals surface area contributed by atoms with Crippen LogP contribution in [0, 0.1) is 0 Å². The van der Waals surface area contributed by atoms with Crippen LogP contribution in [0.4, 0.5) is 11.4 Å². The van der Waals surface area contributed by atoms with Crippen LogP contribution < -0.4 is 19.8 Å². The fourth-order valence-electron chi connectivity index (χ4n) is 3.84. The van der Waals surface area contributed by atoms with Crippen molar-refractivity contribution in [3.8, 4) is 5.75 Å². The molecule has 0 fully saturated rings. The summed E-state index contributed by atoms with van der Waals surface area (Å²) >= 11 is 6.26. The smallest absolute Gasteiger partial charge is 0.264 e. The first kappa shape index (κ1) is 29.3. The molecule has 0 saturated carbocycles. The second kappa shape index (κ2) is 13.1. The maximum Gasteiger partial charge on any atom is 0.264 e. The predicted molar refractivity (Wildman–Crippen MR) is 160 cm³/mol. The summed E-state index contributed by atoms with van der Waals surface area (Å²) in [5.41, 5.74) is 4.76. The van der Waals surface area contributed by atoms with E-state index in [0.717, 1.165) is 4.31 Å². The van der Waals surface area contributed by atoms with Gasteiger partial charge in [-0.15, -0.1) is 0 Å². The van der Waals surface area contributed by atoms with Gasteiger partial charge in [-0.1, -0.05) is 60.1 Å². The summed E-state index contributed by atoms with van der Waals surface area (Å²) in [6.07, 6.45) is 0. The Morgan fingerprint density at radius 2 is 1.54 bits per heavy atom. The quantitative estimate of drug-likeness (QED) is 0.191. The standard InChI is InChI=1S/C30H27ClN4O5S/c1-21(23-12-9-13-24(18-23)32-30(37)22-10-5-3-6-11-22)33-34-29(36)20-35(25-16-17-28(40-2)27(31)19-25)41(38,39)26-14-7-4-8-15-26/h3-19H,20H2,1-2H3,(H,32,37)(H,34,36)/b33-21-. The number of nitrogens with zero attached hydrogens (tertiary/aromatic N) is 2. The van der Waals surface area contributed by atoms with Crippen LogP contribution in [0.3, 0.4) is 0 Å². The molecule has 4 rings (SSSR count). The number of benzene rings is 4. The highest BCUT2D eigenvalue weighted by molar-refractivity contribution is 7.92. The van der Waals surface area contributed by atoms with Gasteiger partial charge in [0, 0.05) is 11.3 Å². The summed E-state index contributed by atoms with van der Waals surface area (Å²) < 4.78 is 33.2. The third-order valence-corrected chi connectivity index (χ3v) is 8.05. The fraction of sp³-hybridized carbons (Fsp3) is 0.100. The van der Waals surface area contributed by atoms with E-state index in [-0.39, 0.29) is 21.5 Å². The number of hydrazone groups is 1. The Labute approximate surface area is 243 Å². The Kier molecular flexibility index (Phi) is 9.38. The monoisotopic (exact) mass is 590 g/mol. The lowest BCUT2D eigenvalue weighted by atomic mass is 10.1. The van der Waals surface area contributed by atoms with Crippen molar-refractivity contribution in [1.29, 1.82) is 0 Å². The minimum atomic E-state index is -4.13. The fourth-order valence-corrected chi connectivity index (χ4v) is 5.52. The predicted octanol–water partition coefficient (Wildman–Crippen LogP) is 5.34. The molecule has 0 aromatic heterocycles. The first-order chi connectivity index (χ1) is 19.7. The van der Waals surface area contributed by atoms with Gasteiger partial charge in [-0.3, -0.25) is 13.9 Å². The van der Waals surface area contributed by atoms with E-state index in [9.17, 15) is 18.0 Å². The van der Waals surface area contributed by atoms with E-state index in [1.807, 2.05) is 6.07 Å². The number of anilines is 2. The lowest BCUT2D eigenvalue weighted by Gasteiger charge is -2.24. The number of hydrogen-bond donors (Lipinski definition) is 2. The molecule has 0 aliphatic carbocycles. The van der Waals surface area contributed by atoms with Gasteiger partial charge in [0.1, 0.15) is 12.3 Å². The van der Waals surface area contributed by atoms with Crippen LogP contribution in [0.5, 0.6) is 5.75 Å². The van der Waals surface area contributed by atoms with Gasteiger partial charge in [-0.05, 0) is 67.1 Å². The van der Waals surface area contributed by atoms with Crippen molar-refractivity contribution < 1.29 is 22.7 Å². The van der Waals surface area contributed by atoms with Crippen LogP contribution in [0.1, 0.15) is 22.8 Å². The van der Waals surface area contributed by atoms with Crippen LogP contribution in [-0.4, -0.2) is 39.6 Å². The van der Waals surface area contributed by atoms with Gasteiger partial charge in [-0.25, -0.2) is 13.8 Å². The highest BCUT2D eigenvalue weighted by Gasteiger charge is 2.27. The van der Waals surface area contributed by atoms with Crippen molar-refractivity contribution in [3.63, 3.8) is 0 Å². The molecule has 2 N–H and O–H groups in total. The first-order valence-electron chi connectivity index (χ1n) is 12.4. The number of sulfonamides is 1. The zero-order valence-corrected chi connectivity index (χ0v) is 23.8. The van der Waals surface area contributed by atoms with Crippen LogP contribution in [-0.2, 0) is 14.8 Å². The van der Waals surface area contributed by atoms with Crippen molar-refractivity contribution in [2.45, 2.75) is 11.8 Å². The van der Waals surface area contributed by atoms with Gasteiger partial charge >= 0.3 is 0 Å². The molecule has 0 bridgehead atoms. The zero-order valence-electron chi connectivity index (χ0n) is 22.2. The molecule has 11 heteroatoms. The molecule has 4 aromatic carbocycles. The minimum Gasteiger partial charge on any atom is -0.495 e. The molecule has 0 unspecified atom stereocenters. The van der Waals surface area contributed by atoms with Crippen molar-refractivity contribution >= 4 is 50.5 Å². The van der Waals surface area contributed by atoms with Gasteiger partial charge in [-0.2, -0.15) is 5.10 Å². The van der Waals surface area contributed by atoms with Gasteiger partial charge in [0.2, 0.25) is 0 Å². The van der Waals surface area contributed by atoms with E-state index < -0.39 is 22.5 Å². The molecule has 0 spiro atoms. The third kappa shape index (κ3) is 7.30. The van der Waals surface area contributed by atoms with Gasteiger partial charge in [0.15, 0.2) is 0 Å². The summed E-state index contributed by atoms with van der Waals surface area (Å²) in [4.78, 5) is 25.5. The molecular weight excluding hydrogens is 564 g/mol. The summed E-state index contributed by atoms with van der Waals surface area (Å²) in [5, 5.41) is 7.18. The number of amides is 2. The van der Waals surface area contributed by atoms with Crippen LogP contribution in [0.2, 0.25) is 5.02 Å². The molecule has 9 nitrogen and oxygen atoms in total. The number of rotatable bonds is 10. The SMILES string of the molecule is COc1ccc(N(CC(=O)N/N=C(/C)c2cccc(NC(=O)c3ccccc3)c2)S(=O)(=O)c2ccccc2)cc1Cl. The summed E-state index contributed by atoms with van der Waals surface area (Å²) in [6, 6.07) is 28.0. The number of hydrogen-bond acceptors (Lipinski definition) is 6. The highest BCUT2D eigenvalue weighted by Crippen LogP contribution is 2.31. The van der Waals surface area contributed by atoms with Gasteiger partial charge in [0.25, 0.3) is 21.8 Å². The highest BCUT2D eigenvalue weighted by atomic mass is 35.5. The lowest BCUT2D eigenvalue weighted by Crippen LogP contribution is -2.39. The minimum absolute atomic E-state index is 0.00814. The van der Waals surface area contributed by atoms with Gasteiger partial charge < -0.3 is 10.1 Å². The topological polar surface area (TPSA) is 117 Å². The first-order valence-corrected chi connectivity index (χ1v) is 14.2. The number of carbonyl (C=O) groups excluding carboxylic acids is 2. The van der Waals surface area contributed by atoms with Crippen molar-refractivity contribution in [1.82, 2.24) is 5.43 Å². The number of ether oxygens (including phenoxy) is 1. The average Bonchev–Trinajstić information content (AvgIpc) is 2.99. The number of carbonyl (C=O) groups is 2. The lowest BCUT2D eigenvalue weighted by molar-refractivity contribution is -0.119. The van der Waals surface area contributed by atoms with E-state index in [0.29, 0.717) is 28.3 Å². The molecule has 2 amide bonds. The maximum absolute atomic E-state index is 13.5. The molecule has 0 radical (unpaired) electrons. The van der Waals surface area contributed by atoms with Crippen molar-refractivity contribution in [2.75, 3.05) is 23.3 Å². The molecule has 4 aromatic rings. The summed E-state index contributed by atoms with van der Waals surface area (Å²) in [6.45, 7) is 1.12. The molecule has 0 heterocycles. The molecule has 41 heavy (non-hydrogen) atoms. The molecule has 0 aliphatic rings. The van der Waals surface area contributed by atoms with E-state index in [1.165, 1.54) is 37.4 Å². The molecular formula is C30H27ClN4O5S. The van der Waals surface area contributed by atoms with Crippen LogP contribution >= 0.6 is 11.6 Å². The Hall–Kier alpha value is -4.67. The van der Waals surface area contributed by atoms with E-state index in [2.05, 4.69) is 15.8 Å². The maximum atomic E-state index is 13.5. The third-order valence-electron chi connectivity index (χ3n) is 5.96. The Bertz CT molecular complexity index is 1680. The van der Waals surface area contributed by atoms with E-state index >= 15 is 0 Å². The Morgan fingerprint density at radius 3 is 2.20 bits per heavy atom. The molecule has 0 atom stereocenters. The summed E-state index contributed by atoms with van der Waals surface area (Å²) in [7, 11) is -2.69. The van der Waals surface area contributed by atoms with E-state index in [4.69, 9.17) is 16.3 Å². The molecule has 0 aliphatic heterocycles. The Balaban J connectivity index is 1.52. The van der Waals surface area contributed by atoms with Crippen molar-refractivity contribution in [3.05, 3.63) is 119 Å². The largest absolute Gasteiger partial charge is 0.495 e. The van der Waals surface area contributed by atoms with Gasteiger partial charge in [0.05, 0.1) is 28.4 Å². The molecule has 210 valence electrons. The second-order valence-corrected chi connectivity index (χ2v) is 11.0. The van der Waals surface area contributed by atoms with Crippen LogP contribution in [0.25, 0.3) is 0 Å². The zero-order chi connectivity index (χ0) is 29.4. The Morgan fingerprint density at radius 1 is 0.878 bits per heavy atom. The number of halogens is 1. The summed E-state index contributed by atoms with van der Waals surface area (Å²) in [5.74, 6) is -0.576. The molecule has 0 saturated heterocycles.